The van der Waals surface area contributed by atoms with Crippen molar-refractivity contribution in [3.8, 4) is 11.3 Å². The highest BCUT2D eigenvalue weighted by atomic mass is 35.5. The van der Waals surface area contributed by atoms with Crippen LogP contribution in [0.15, 0.2) is 34.9 Å². The maximum absolute atomic E-state index is 11.7. The summed E-state index contributed by atoms with van der Waals surface area (Å²) in [5.74, 6) is 0.300. The lowest BCUT2D eigenvalue weighted by atomic mass is 10.1. The summed E-state index contributed by atoms with van der Waals surface area (Å²) in [7, 11) is 0. The van der Waals surface area contributed by atoms with E-state index in [1.807, 2.05) is 26.0 Å². The Balaban J connectivity index is 2.20. The number of amides is 1. The van der Waals surface area contributed by atoms with Gasteiger partial charge in [0.25, 0.3) is 5.91 Å². The lowest BCUT2D eigenvalue weighted by Gasteiger charge is -2.04. The Morgan fingerprint density at radius 3 is 2.61 bits per heavy atom. The van der Waals surface area contributed by atoms with Gasteiger partial charge in [0.1, 0.15) is 0 Å². The SMILES string of the molecule is CC(C)NC(=O)c1cc(-c2ccc(Cl)cc2)on1. The van der Waals surface area contributed by atoms with Gasteiger partial charge in [-0.2, -0.15) is 0 Å². The van der Waals surface area contributed by atoms with Gasteiger partial charge in [0.2, 0.25) is 0 Å². The maximum atomic E-state index is 11.7. The molecule has 0 saturated heterocycles. The van der Waals surface area contributed by atoms with Crippen LogP contribution in [0.25, 0.3) is 11.3 Å². The predicted octanol–water partition coefficient (Wildman–Crippen LogP) is 3.13. The number of rotatable bonds is 3. The lowest BCUT2D eigenvalue weighted by Crippen LogP contribution is -2.30. The second-order valence-corrected chi connectivity index (χ2v) is 4.65. The minimum absolute atomic E-state index is 0.0631. The van der Waals surface area contributed by atoms with Gasteiger partial charge in [-0.05, 0) is 38.1 Å². The molecule has 1 amide bonds. The largest absolute Gasteiger partial charge is 0.355 e. The Labute approximate surface area is 110 Å². The molecule has 0 unspecified atom stereocenters. The monoisotopic (exact) mass is 264 g/mol. The molecule has 0 radical (unpaired) electrons. The molecule has 0 bridgehead atoms. The quantitative estimate of drug-likeness (QED) is 0.927. The molecular formula is C13H13ClN2O2. The van der Waals surface area contributed by atoms with E-state index in [-0.39, 0.29) is 17.6 Å². The van der Waals surface area contributed by atoms with Crippen molar-refractivity contribution in [2.24, 2.45) is 0 Å². The normalized spacial score (nSPS) is 10.7. The summed E-state index contributed by atoms with van der Waals surface area (Å²) >= 11 is 5.80. The van der Waals surface area contributed by atoms with Crippen molar-refractivity contribution in [2.75, 3.05) is 0 Å². The third-order valence-corrected chi connectivity index (χ3v) is 2.54. The molecule has 0 aliphatic carbocycles. The number of carbonyl (C=O) groups is 1. The molecule has 18 heavy (non-hydrogen) atoms. The van der Waals surface area contributed by atoms with Gasteiger partial charge >= 0.3 is 0 Å². The Morgan fingerprint density at radius 1 is 1.33 bits per heavy atom. The Kier molecular flexibility index (Phi) is 3.67. The number of halogens is 1. The van der Waals surface area contributed by atoms with E-state index < -0.39 is 0 Å². The highest BCUT2D eigenvalue weighted by Crippen LogP contribution is 2.22. The van der Waals surface area contributed by atoms with Crippen LogP contribution in [-0.2, 0) is 0 Å². The summed E-state index contributed by atoms with van der Waals surface area (Å²) in [6, 6.07) is 8.81. The highest BCUT2D eigenvalue weighted by molar-refractivity contribution is 6.30. The van der Waals surface area contributed by atoms with Crippen LogP contribution in [0, 0.1) is 0 Å². The minimum Gasteiger partial charge on any atom is -0.355 e. The minimum atomic E-state index is -0.242. The second kappa shape index (κ2) is 5.23. The van der Waals surface area contributed by atoms with Gasteiger partial charge in [-0.25, -0.2) is 0 Å². The van der Waals surface area contributed by atoms with Crippen molar-refractivity contribution < 1.29 is 9.32 Å². The van der Waals surface area contributed by atoms with E-state index in [0.717, 1.165) is 5.56 Å². The molecule has 0 atom stereocenters. The molecule has 94 valence electrons. The third-order valence-electron chi connectivity index (χ3n) is 2.29. The van der Waals surface area contributed by atoms with Crippen molar-refractivity contribution in [1.82, 2.24) is 10.5 Å². The van der Waals surface area contributed by atoms with Gasteiger partial charge in [-0.3, -0.25) is 4.79 Å². The average Bonchev–Trinajstić information content (AvgIpc) is 2.78. The average molecular weight is 265 g/mol. The van der Waals surface area contributed by atoms with Crippen LogP contribution in [0.3, 0.4) is 0 Å². The van der Waals surface area contributed by atoms with Crippen molar-refractivity contribution >= 4 is 17.5 Å². The van der Waals surface area contributed by atoms with Gasteiger partial charge in [-0.15, -0.1) is 0 Å². The molecule has 5 heteroatoms. The molecule has 2 rings (SSSR count). The number of hydrogen-bond donors (Lipinski definition) is 1. The molecule has 0 aliphatic rings. The first kappa shape index (κ1) is 12.6. The van der Waals surface area contributed by atoms with Crippen molar-refractivity contribution in [3.05, 3.63) is 41.0 Å². The summed E-state index contributed by atoms with van der Waals surface area (Å²) in [5, 5.41) is 7.15. The van der Waals surface area contributed by atoms with Crippen LogP contribution in [0.1, 0.15) is 24.3 Å². The van der Waals surface area contributed by atoms with Gasteiger partial charge in [0, 0.05) is 22.7 Å². The number of benzene rings is 1. The molecule has 1 aromatic heterocycles. The summed E-state index contributed by atoms with van der Waals surface area (Å²) in [4.78, 5) is 11.7. The first-order chi connectivity index (χ1) is 8.56. The van der Waals surface area contributed by atoms with Crippen LogP contribution in [0.4, 0.5) is 0 Å². The zero-order chi connectivity index (χ0) is 13.1. The fourth-order valence-corrected chi connectivity index (χ4v) is 1.59. The maximum Gasteiger partial charge on any atom is 0.273 e. The molecular weight excluding hydrogens is 252 g/mol. The van der Waals surface area contributed by atoms with E-state index in [4.69, 9.17) is 16.1 Å². The molecule has 0 saturated carbocycles. The first-order valence-electron chi connectivity index (χ1n) is 5.60. The third kappa shape index (κ3) is 2.90. The number of nitrogens with one attached hydrogen (secondary N) is 1. The van der Waals surface area contributed by atoms with Crippen LogP contribution in [0.5, 0.6) is 0 Å². The zero-order valence-electron chi connectivity index (χ0n) is 10.1. The Bertz CT molecular complexity index is 546. The van der Waals surface area contributed by atoms with Crippen molar-refractivity contribution in [1.29, 1.82) is 0 Å². The number of nitrogens with zero attached hydrogens (tertiary/aromatic N) is 1. The molecule has 1 aromatic carbocycles. The molecule has 0 aliphatic heterocycles. The van der Waals surface area contributed by atoms with Crippen molar-refractivity contribution in [3.63, 3.8) is 0 Å². The van der Waals surface area contributed by atoms with Crippen LogP contribution in [-0.4, -0.2) is 17.1 Å². The molecule has 0 fully saturated rings. The number of hydrogen-bond acceptors (Lipinski definition) is 3. The summed E-state index contributed by atoms with van der Waals surface area (Å²) in [6.45, 7) is 3.77. The fraction of sp³-hybridized carbons (Fsp3) is 0.231. The topological polar surface area (TPSA) is 55.1 Å². The molecule has 4 nitrogen and oxygen atoms in total. The van der Waals surface area contributed by atoms with E-state index in [1.54, 1.807) is 18.2 Å². The smallest absolute Gasteiger partial charge is 0.273 e. The number of aromatic nitrogens is 1. The summed E-state index contributed by atoms with van der Waals surface area (Å²) < 4.78 is 5.14. The van der Waals surface area contributed by atoms with Crippen LogP contribution in [0.2, 0.25) is 5.02 Å². The lowest BCUT2D eigenvalue weighted by molar-refractivity contribution is 0.0934. The first-order valence-corrected chi connectivity index (χ1v) is 5.97. The molecule has 1 heterocycles. The predicted molar refractivity (Wildman–Crippen MR) is 69.6 cm³/mol. The summed E-state index contributed by atoms with van der Waals surface area (Å²) in [5.41, 5.74) is 1.10. The highest BCUT2D eigenvalue weighted by Gasteiger charge is 2.14. The van der Waals surface area contributed by atoms with Gasteiger partial charge in [0.15, 0.2) is 11.5 Å². The van der Waals surface area contributed by atoms with Crippen LogP contribution < -0.4 is 5.32 Å². The Morgan fingerprint density at radius 2 is 2.00 bits per heavy atom. The van der Waals surface area contributed by atoms with E-state index in [1.165, 1.54) is 0 Å². The molecule has 0 spiro atoms. The zero-order valence-corrected chi connectivity index (χ0v) is 10.9. The van der Waals surface area contributed by atoms with Crippen molar-refractivity contribution in [2.45, 2.75) is 19.9 Å². The van der Waals surface area contributed by atoms with Gasteiger partial charge < -0.3 is 9.84 Å². The fourth-order valence-electron chi connectivity index (χ4n) is 1.47. The van der Waals surface area contributed by atoms with Gasteiger partial charge in [0.05, 0.1) is 0 Å². The van der Waals surface area contributed by atoms with Crippen LogP contribution >= 0.6 is 11.6 Å². The van der Waals surface area contributed by atoms with E-state index in [2.05, 4.69) is 10.5 Å². The van der Waals surface area contributed by atoms with E-state index in [9.17, 15) is 4.79 Å². The molecule has 1 N–H and O–H groups in total. The standard InChI is InChI=1S/C13H13ClN2O2/c1-8(2)15-13(17)11-7-12(18-16-11)9-3-5-10(14)6-4-9/h3-8H,1-2H3,(H,15,17). The number of carbonyl (C=O) groups excluding carboxylic acids is 1. The summed E-state index contributed by atoms with van der Waals surface area (Å²) in [6.07, 6.45) is 0. The van der Waals surface area contributed by atoms with Gasteiger partial charge in [-0.1, -0.05) is 16.8 Å². The Hall–Kier alpha value is -1.81. The second-order valence-electron chi connectivity index (χ2n) is 4.21. The van der Waals surface area contributed by atoms with E-state index >= 15 is 0 Å². The van der Waals surface area contributed by atoms with E-state index in [0.29, 0.717) is 10.8 Å². The molecule has 2 aromatic rings.